The second kappa shape index (κ2) is 4.17. The fourth-order valence-electron chi connectivity index (χ4n) is 2.79. The molecule has 1 aromatic carbocycles. The third-order valence-electron chi connectivity index (χ3n) is 3.77. The van der Waals surface area contributed by atoms with Crippen LogP contribution in [0.25, 0.3) is 0 Å². The van der Waals surface area contributed by atoms with Crippen LogP contribution in [-0.2, 0) is 16.8 Å². The molecule has 1 aromatic heterocycles. The van der Waals surface area contributed by atoms with Gasteiger partial charge in [-0.3, -0.25) is 0 Å². The summed E-state index contributed by atoms with van der Waals surface area (Å²) in [4.78, 5) is 15.7. The topological polar surface area (TPSA) is 78.9 Å². The first kappa shape index (κ1) is 12.4. The van der Waals surface area contributed by atoms with Crippen LogP contribution in [0.4, 0.5) is 4.39 Å². The van der Waals surface area contributed by atoms with Gasteiger partial charge in [0.15, 0.2) is 5.54 Å². The first-order valence-electron chi connectivity index (χ1n) is 6.05. The lowest BCUT2D eigenvalue weighted by Crippen LogP contribution is -2.40. The standard InChI is InChI=1S/C14H10FN3O2/c15-12-5-9(6-16)1-2-11(12)14(13(19)20)4-3-10-7-17-8-18(10)14/h1-2,5,7-8H,3-4H2,(H,19,20)/t14-/m0/s1. The quantitative estimate of drug-likeness (QED) is 0.901. The van der Waals surface area contributed by atoms with E-state index in [0.29, 0.717) is 6.42 Å². The zero-order valence-electron chi connectivity index (χ0n) is 10.4. The highest BCUT2D eigenvalue weighted by atomic mass is 19.1. The number of aromatic nitrogens is 2. The summed E-state index contributed by atoms with van der Waals surface area (Å²) >= 11 is 0. The number of imidazole rings is 1. The predicted octanol–water partition coefficient (Wildman–Crippen LogP) is 1.67. The van der Waals surface area contributed by atoms with Crippen molar-refractivity contribution in [3.05, 3.63) is 53.4 Å². The SMILES string of the molecule is N#Cc1ccc([C@]2(C(=O)O)CCc3cncn32)c(F)c1. The number of carbonyl (C=O) groups is 1. The molecule has 0 fully saturated rings. The number of hydrogen-bond donors (Lipinski definition) is 1. The molecule has 1 atom stereocenters. The van der Waals surface area contributed by atoms with Gasteiger partial charge < -0.3 is 9.67 Å². The molecule has 100 valence electrons. The Bertz CT molecular complexity index is 747. The number of rotatable bonds is 2. The minimum absolute atomic E-state index is 0.0563. The zero-order chi connectivity index (χ0) is 14.3. The number of carboxylic acid groups (broad SMARTS) is 1. The van der Waals surface area contributed by atoms with Gasteiger partial charge in [0, 0.05) is 17.5 Å². The van der Waals surface area contributed by atoms with Crippen molar-refractivity contribution in [2.24, 2.45) is 0 Å². The largest absolute Gasteiger partial charge is 0.479 e. The summed E-state index contributed by atoms with van der Waals surface area (Å²) < 4.78 is 15.7. The number of aryl methyl sites for hydroxylation is 1. The van der Waals surface area contributed by atoms with E-state index in [0.717, 1.165) is 11.8 Å². The van der Waals surface area contributed by atoms with Crippen LogP contribution in [0.15, 0.2) is 30.7 Å². The van der Waals surface area contributed by atoms with E-state index in [9.17, 15) is 14.3 Å². The fraction of sp³-hybridized carbons (Fsp3) is 0.214. The van der Waals surface area contributed by atoms with Crippen molar-refractivity contribution in [1.82, 2.24) is 9.55 Å². The van der Waals surface area contributed by atoms with E-state index < -0.39 is 17.3 Å². The number of nitriles is 1. The van der Waals surface area contributed by atoms with E-state index >= 15 is 0 Å². The molecule has 1 aliphatic heterocycles. The van der Waals surface area contributed by atoms with Crippen molar-refractivity contribution in [2.75, 3.05) is 0 Å². The molecule has 0 radical (unpaired) electrons. The number of hydrogen-bond acceptors (Lipinski definition) is 3. The van der Waals surface area contributed by atoms with Crippen LogP contribution in [-0.4, -0.2) is 20.6 Å². The van der Waals surface area contributed by atoms with Gasteiger partial charge in [0.25, 0.3) is 0 Å². The molecule has 3 rings (SSSR count). The smallest absolute Gasteiger partial charge is 0.334 e. The molecule has 2 aromatic rings. The molecule has 0 bridgehead atoms. The van der Waals surface area contributed by atoms with Crippen LogP contribution in [0.2, 0.25) is 0 Å². The summed E-state index contributed by atoms with van der Waals surface area (Å²) in [7, 11) is 0. The molecule has 20 heavy (non-hydrogen) atoms. The number of nitrogens with zero attached hydrogens (tertiary/aromatic N) is 3. The third-order valence-corrected chi connectivity index (χ3v) is 3.77. The lowest BCUT2D eigenvalue weighted by molar-refractivity contribution is -0.145. The molecule has 0 spiro atoms. The molecule has 2 heterocycles. The second-order valence-electron chi connectivity index (χ2n) is 4.73. The number of fused-ring (bicyclic) bond motifs is 1. The van der Waals surface area contributed by atoms with Crippen molar-refractivity contribution >= 4 is 5.97 Å². The van der Waals surface area contributed by atoms with Crippen LogP contribution < -0.4 is 0 Å². The van der Waals surface area contributed by atoms with Crippen molar-refractivity contribution in [1.29, 1.82) is 5.26 Å². The van der Waals surface area contributed by atoms with Crippen LogP contribution in [0.1, 0.15) is 23.2 Å². The maximum Gasteiger partial charge on any atom is 0.334 e. The highest BCUT2D eigenvalue weighted by Gasteiger charge is 2.48. The molecule has 0 unspecified atom stereocenters. The molecule has 6 heteroatoms. The van der Waals surface area contributed by atoms with E-state index in [1.165, 1.54) is 23.0 Å². The average Bonchev–Trinajstić information content (AvgIpc) is 3.00. The summed E-state index contributed by atoms with van der Waals surface area (Å²) in [6.45, 7) is 0. The molecule has 1 N–H and O–H groups in total. The Balaban J connectivity index is 2.25. The Morgan fingerprint density at radius 2 is 2.35 bits per heavy atom. The van der Waals surface area contributed by atoms with Gasteiger partial charge in [-0.25, -0.2) is 14.2 Å². The second-order valence-corrected chi connectivity index (χ2v) is 4.73. The van der Waals surface area contributed by atoms with Crippen molar-refractivity contribution in [3.63, 3.8) is 0 Å². The summed E-state index contributed by atoms with van der Waals surface area (Å²) in [6, 6.07) is 5.70. The van der Waals surface area contributed by atoms with Crippen molar-refractivity contribution in [3.8, 4) is 6.07 Å². The van der Waals surface area contributed by atoms with Crippen molar-refractivity contribution < 1.29 is 14.3 Å². The van der Waals surface area contributed by atoms with Gasteiger partial charge in [-0.1, -0.05) is 6.07 Å². The molecule has 1 aliphatic rings. The Labute approximate surface area is 113 Å². The van der Waals surface area contributed by atoms with Gasteiger partial charge in [0.05, 0.1) is 18.0 Å². The average molecular weight is 271 g/mol. The van der Waals surface area contributed by atoms with Gasteiger partial charge in [-0.05, 0) is 25.0 Å². The first-order chi connectivity index (χ1) is 9.59. The number of carboxylic acids is 1. The predicted molar refractivity (Wildman–Crippen MR) is 66.4 cm³/mol. The molecule has 5 nitrogen and oxygen atoms in total. The third kappa shape index (κ3) is 1.46. The summed E-state index contributed by atoms with van der Waals surface area (Å²) in [5, 5.41) is 18.4. The molecular weight excluding hydrogens is 261 g/mol. The molecule has 0 saturated heterocycles. The maximum atomic E-state index is 14.2. The Morgan fingerprint density at radius 3 is 3.00 bits per heavy atom. The Kier molecular flexibility index (Phi) is 2.57. The van der Waals surface area contributed by atoms with Crippen LogP contribution in [0.5, 0.6) is 0 Å². The zero-order valence-corrected chi connectivity index (χ0v) is 10.4. The summed E-state index contributed by atoms with van der Waals surface area (Å²) in [6.07, 6.45) is 3.79. The van der Waals surface area contributed by atoms with Crippen LogP contribution >= 0.6 is 0 Å². The minimum atomic E-state index is -1.48. The Morgan fingerprint density at radius 1 is 1.55 bits per heavy atom. The molecule has 0 saturated carbocycles. The molecular formula is C14H10FN3O2. The lowest BCUT2D eigenvalue weighted by Gasteiger charge is -2.27. The number of aliphatic carboxylic acids is 1. The van der Waals surface area contributed by atoms with E-state index in [4.69, 9.17) is 5.26 Å². The normalized spacial score (nSPS) is 20.4. The lowest BCUT2D eigenvalue weighted by atomic mass is 9.86. The van der Waals surface area contributed by atoms with Gasteiger partial charge in [-0.2, -0.15) is 5.26 Å². The summed E-state index contributed by atoms with van der Waals surface area (Å²) in [5.41, 5.74) is -0.503. The van der Waals surface area contributed by atoms with E-state index in [1.54, 1.807) is 6.20 Å². The van der Waals surface area contributed by atoms with Gasteiger partial charge in [-0.15, -0.1) is 0 Å². The van der Waals surface area contributed by atoms with E-state index in [2.05, 4.69) is 4.98 Å². The Hall–Kier alpha value is -2.68. The van der Waals surface area contributed by atoms with E-state index in [-0.39, 0.29) is 17.5 Å². The highest BCUT2D eigenvalue weighted by Crippen LogP contribution is 2.39. The fourth-order valence-corrected chi connectivity index (χ4v) is 2.79. The molecule has 0 aliphatic carbocycles. The van der Waals surface area contributed by atoms with Gasteiger partial charge >= 0.3 is 5.97 Å². The number of halogens is 1. The minimum Gasteiger partial charge on any atom is -0.479 e. The van der Waals surface area contributed by atoms with Crippen LogP contribution in [0.3, 0.4) is 0 Å². The first-order valence-corrected chi connectivity index (χ1v) is 6.05. The van der Waals surface area contributed by atoms with Crippen LogP contribution in [0, 0.1) is 17.1 Å². The maximum absolute atomic E-state index is 14.2. The summed E-state index contributed by atoms with van der Waals surface area (Å²) in [5.74, 6) is -1.81. The van der Waals surface area contributed by atoms with Gasteiger partial charge in [0.1, 0.15) is 5.82 Å². The van der Waals surface area contributed by atoms with Gasteiger partial charge in [0.2, 0.25) is 0 Å². The highest BCUT2D eigenvalue weighted by molar-refractivity contribution is 5.82. The van der Waals surface area contributed by atoms with E-state index in [1.807, 2.05) is 6.07 Å². The molecule has 0 amide bonds. The number of benzene rings is 1. The van der Waals surface area contributed by atoms with Crippen molar-refractivity contribution in [2.45, 2.75) is 18.4 Å². The monoisotopic (exact) mass is 271 g/mol.